The van der Waals surface area contributed by atoms with Crippen LogP contribution in [0.2, 0.25) is 0 Å². The van der Waals surface area contributed by atoms with Gasteiger partial charge in [-0.3, -0.25) is 0 Å². The van der Waals surface area contributed by atoms with Crippen LogP contribution in [0.5, 0.6) is 0 Å². The van der Waals surface area contributed by atoms with Crippen LogP contribution < -0.4 is 10.6 Å². The monoisotopic (exact) mass is 265 g/mol. The number of benzene rings is 2. The maximum atomic E-state index is 4.70. The smallest absolute Gasteiger partial charge is 0.192 e. The molecular formula is C17H19N3. The molecule has 0 fully saturated rings. The highest BCUT2D eigenvalue weighted by atomic mass is 15.2. The first-order valence-electron chi connectivity index (χ1n) is 6.97. The van der Waals surface area contributed by atoms with E-state index in [0.717, 1.165) is 19.0 Å². The number of aryl methyl sites for hydroxylation is 1. The third-order valence-corrected chi connectivity index (χ3v) is 3.51. The molecule has 2 aromatic rings. The van der Waals surface area contributed by atoms with Crippen LogP contribution in [0.15, 0.2) is 59.6 Å². The lowest BCUT2D eigenvalue weighted by Crippen LogP contribution is -2.33. The average Bonchev–Trinajstić information content (AvgIpc) is 2.96. The number of rotatable bonds is 3. The molecule has 0 saturated heterocycles. The SMILES string of the molecule is Cc1ccc([C@H]2CNC(NCc3ccccc3)=N2)cc1. The van der Waals surface area contributed by atoms with E-state index >= 15 is 0 Å². The Kier molecular flexibility index (Phi) is 3.68. The van der Waals surface area contributed by atoms with Gasteiger partial charge in [0.25, 0.3) is 0 Å². The van der Waals surface area contributed by atoms with Crippen molar-refractivity contribution in [2.24, 2.45) is 4.99 Å². The summed E-state index contributed by atoms with van der Waals surface area (Å²) in [4.78, 5) is 4.70. The van der Waals surface area contributed by atoms with E-state index in [1.165, 1.54) is 16.7 Å². The zero-order chi connectivity index (χ0) is 13.8. The predicted octanol–water partition coefficient (Wildman–Crippen LogP) is 2.79. The van der Waals surface area contributed by atoms with Crippen LogP contribution in [0.3, 0.4) is 0 Å². The molecule has 20 heavy (non-hydrogen) atoms. The molecule has 0 unspecified atom stereocenters. The molecule has 0 bridgehead atoms. The third-order valence-electron chi connectivity index (χ3n) is 3.51. The molecule has 3 rings (SSSR count). The molecule has 0 amide bonds. The molecule has 0 aliphatic carbocycles. The second-order valence-corrected chi connectivity index (χ2v) is 5.12. The zero-order valence-corrected chi connectivity index (χ0v) is 11.6. The van der Waals surface area contributed by atoms with Crippen molar-refractivity contribution >= 4 is 5.96 Å². The largest absolute Gasteiger partial charge is 0.354 e. The molecule has 102 valence electrons. The molecule has 0 saturated carbocycles. The van der Waals surface area contributed by atoms with Crippen LogP contribution in [0.25, 0.3) is 0 Å². The lowest BCUT2D eigenvalue weighted by atomic mass is 10.1. The summed E-state index contributed by atoms with van der Waals surface area (Å²) < 4.78 is 0. The van der Waals surface area contributed by atoms with Crippen LogP contribution in [-0.4, -0.2) is 12.5 Å². The van der Waals surface area contributed by atoms with E-state index in [0.29, 0.717) is 0 Å². The molecular weight excluding hydrogens is 246 g/mol. The van der Waals surface area contributed by atoms with Crippen molar-refractivity contribution in [3.05, 3.63) is 71.3 Å². The molecule has 2 aromatic carbocycles. The molecule has 2 N–H and O–H groups in total. The van der Waals surface area contributed by atoms with E-state index in [1.54, 1.807) is 0 Å². The van der Waals surface area contributed by atoms with E-state index < -0.39 is 0 Å². The summed E-state index contributed by atoms with van der Waals surface area (Å²) in [6, 6.07) is 19.2. The number of guanidine groups is 1. The first kappa shape index (κ1) is 12.7. The van der Waals surface area contributed by atoms with Gasteiger partial charge in [0.15, 0.2) is 5.96 Å². The van der Waals surface area contributed by atoms with Gasteiger partial charge in [0, 0.05) is 13.1 Å². The maximum absolute atomic E-state index is 4.70. The Hall–Kier alpha value is -2.29. The average molecular weight is 265 g/mol. The van der Waals surface area contributed by atoms with Crippen molar-refractivity contribution < 1.29 is 0 Å². The van der Waals surface area contributed by atoms with E-state index in [9.17, 15) is 0 Å². The van der Waals surface area contributed by atoms with Gasteiger partial charge in [0.1, 0.15) is 0 Å². The number of aliphatic imine (C=N–C) groups is 1. The maximum Gasteiger partial charge on any atom is 0.192 e. The van der Waals surface area contributed by atoms with E-state index in [1.807, 2.05) is 6.07 Å². The highest BCUT2D eigenvalue weighted by Crippen LogP contribution is 2.20. The molecule has 1 aliphatic heterocycles. The summed E-state index contributed by atoms with van der Waals surface area (Å²) in [7, 11) is 0. The Morgan fingerprint density at radius 2 is 1.85 bits per heavy atom. The topological polar surface area (TPSA) is 36.4 Å². The van der Waals surface area contributed by atoms with E-state index in [4.69, 9.17) is 4.99 Å². The van der Waals surface area contributed by atoms with E-state index in [-0.39, 0.29) is 6.04 Å². The van der Waals surface area contributed by atoms with Gasteiger partial charge in [-0.15, -0.1) is 0 Å². The molecule has 1 aliphatic rings. The standard InChI is InChI=1S/C17H19N3/c1-13-7-9-15(10-8-13)16-12-19-17(20-16)18-11-14-5-3-2-4-6-14/h2-10,16H,11-12H2,1H3,(H2,18,19,20)/t16-/m1/s1. The highest BCUT2D eigenvalue weighted by molar-refractivity contribution is 5.81. The lowest BCUT2D eigenvalue weighted by Gasteiger charge is -2.05. The lowest BCUT2D eigenvalue weighted by molar-refractivity contribution is 0.749. The van der Waals surface area contributed by atoms with Crippen LogP contribution in [-0.2, 0) is 6.54 Å². The number of hydrogen-bond donors (Lipinski definition) is 2. The Labute approximate surface area is 119 Å². The van der Waals surface area contributed by atoms with Crippen molar-refractivity contribution in [3.63, 3.8) is 0 Å². The van der Waals surface area contributed by atoms with Gasteiger partial charge in [0.2, 0.25) is 0 Å². The molecule has 0 aromatic heterocycles. The quantitative estimate of drug-likeness (QED) is 0.895. The van der Waals surface area contributed by atoms with Crippen LogP contribution in [0.1, 0.15) is 22.7 Å². The summed E-state index contributed by atoms with van der Waals surface area (Å²) in [6.45, 7) is 3.76. The van der Waals surface area contributed by atoms with Crippen molar-refractivity contribution in [1.29, 1.82) is 0 Å². The Morgan fingerprint density at radius 1 is 1.10 bits per heavy atom. The van der Waals surface area contributed by atoms with Crippen molar-refractivity contribution in [1.82, 2.24) is 10.6 Å². The van der Waals surface area contributed by atoms with Crippen molar-refractivity contribution in [2.45, 2.75) is 19.5 Å². The first-order valence-corrected chi connectivity index (χ1v) is 6.97. The Bertz CT molecular complexity index is 587. The molecule has 1 atom stereocenters. The number of nitrogens with one attached hydrogen (secondary N) is 2. The van der Waals surface area contributed by atoms with Gasteiger partial charge < -0.3 is 10.6 Å². The fraction of sp³-hybridized carbons (Fsp3) is 0.235. The Balaban J connectivity index is 1.62. The summed E-state index contributed by atoms with van der Waals surface area (Å²) >= 11 is 0. The van der Waals surface area contributed by atoms with Gasteiger partial charge >= 0.3 is 0 Å². The van der Waals surface area contributed by atoms with E-state index in [2.05, 4.69) is 66.1 Å². The minimum atomic E-state index is 0.217. The minimum Gasteiger partial charge on any atom is -0.354 e. The fourth-order valence-electron chi connectivity index (χ4n) is 2.31. The van der Waals surface area contributed by atoms with Crippen LogP contribution in [0.4, 0.5) is 0 Å². The van der Waals surface area contributed by atoms with Crippen molar-refractivity contribution in [3.8, 4) is 0 Å². The van der Waals surface area contributed by atoms with Gasteiger partial charge in [-0.25, -0.2) is 4.99 Å². The molecule has 0 radical (unpaired) electrons. The van der Waals surface area contributed by atoms with Gasteiger partial charge in [0.05, 0.1) is 6.04 Å². The Morgan fingerprint density at radius 3 is 2.60 bits per heavy atom. The minimum absolute atomic E-state index is 0.217. The molecule has 0 spiro atoms. The third kappa shape index (κ3) is 2.99. The summed E-state index contributed by atoms with van der Waals surface area (Å²) in [5.74, 6) is 0.888. The summed E-state index contributed by atoms with van der Waals surface area (Å²) in [5, 5.41) is 6.68. The summed E-state index contributed by atoms with van der Waals surface area (Å²) in [5.41, 5.74) is 3.81. The van der Waals surface area contributed by atoms with Crippen LogP contribution >= 0.6 is 0 Å². The molecule has 3 nitrogen and oxygen atoms in total. The number of hydrogen-bond acceptors (Lipinski definition) is 3. The van der Waals surface area contributed by atoms with Crippen LogP contribution in [0, 0.1) is 6.92 Å². The summed E-state index contributed by atoms with van der Waals surface area (Å²) in [6.07, 6.45) is 0. The van der Waals surface area contributed by atoms with Crippen molar-refractivity contribution in [2.75, 3.05) is 6.54 Å². The second kappa shape index (κ2) is 5.78. The predicted molar refractivity (Wildman–Crippen MR) is 82.6 cm³/mol. The fourth-order valence-corrected chi connectivity index (χ4v) is 2.31. The van der Waals surface area contributed by atoms with Gasteiger partial charge in [-0.2, -0.15) is 0 Å². The molecule has 1 heterocycles. The number of nitrogens with zero attached hydrogens (tertiary/aromatic N) is 1. The normalized spacial score (nSPS) is 17.4. The molecule has 3 heteroatoms. The van der Waals surface area contributed by atoms with Gasteiger partial charge in [-0.1, -0.05) is 60.2 Å². The van der Waals surface area contributed by atoms with Gasteiger partial charge in [-0.05, 0) is 18.1 Å². The zero-order valence-electron chi connectivity index (χ0n) is 11.6. The highest BCUT2D eigenvalue weighted by Gasteiger charge is 2.17. The first-order chi connectivity index (χ1) is 9.81. The second-order valence-electron chi connectivity index (χ2n) is 5.12.